The predicted molar refractivity (Wildman–Crippen MR) is 37.3 cm³/mol. The zero-order valence-corrected chi connectivity index (χ0v) is 5.69. The fourth-order valence-corrected chi connectivity index (χ4v) is 0.983. The summed E-state index contributed by atoms with van der Waals surface area (Å²) >= 11 is 0. The highest BCUT2D eigenvalue weighted by atomic mass is 16.5. The van der Waals surface area contributed by atoms with Crippen LogP contribution in [0.5, 0.6) is 0 Å². The lowest BCUT2D eigenvalue weighted by Gasteiger charge is -2.19. The van der Waals surface area contributed by atoms with Crippen molar-refractivity contribution < 1.29 is 14.3 Å². The van der Waals surface area contributed by atoms with Crippen molar-refractivity contribution in [2.75, 3.05) is 0 Å². The van der Waals surface area contributed by atoms with Crippen LogP contribution in [0.25, 0.3) is 0 Å². The Morgan fingerprint density at radius 3 is 3.18 bits per heavy atom. The Balaban J connectivity index is 2.31. The largest absolute Gasteiger partial charge is 0.472 e. The maximum absolute atomic E-state index is 10.7. The van der Waals surface area contributed by atoms with Crippen molar-refractivity contribution in [2.24, 2.45) is 0 Å². The predicted octanol–water partition coefficient (Wildman–Crippen LogP) is 0.896. The quantitative estimate of drug-likeness (QED) is 0.481. The molecule has 3 nitrogen and oxygen atoms in total. The lowest BCUT2D eigenvalue weighted by atomic mass is 10.1. The van der Waals surface area contributed by atoms with Gasteiger partial charge in [-0.3, -0.25) is 0 Å². The third-order valence-corrected chi connectivity index (χ3v) is 1.52. The van der Waals surface area contributed by atoms with E-state index in [-0.39, 0.29) is 12.1 Å². The van der Waals surface area contributed by atoms with Crippen LogP contribution in [-0.2, 0) is 14.3 Å². The number of rotatable bonds is 0. The molecular formula is C8H6O3. The molecule has 3 heteroatoms. The molecule has 11 heavy (non-hydrogen) atoms. The van der Waals surface area contributed by atoms with E-state index in [1.54, 1.807) is 18.4 Å². The molecule has 0 aliphatic carbocycles. The normalized spacial score (nSPS) is 26.7. The van der Waals surface area contributed by atoms with Gasteiger partial charge in [-0.05, 0) is 12.2 Å². The average Bonchev–Trinajstić information content (AvgIpc) is 2.04. The molecule has 2 aliphatic rings. The smallest absolute Gasteiger partial charge is 0.331 e. The molecule has 56 valence electrons. The molecule has 0 aromatic carbocycles. The van der Waals surface area contributed by atoms with Crippen molar-refractivity contribution in [3.05, 3.63) is 36.3 Å². The van der Waals surface area contributed by atoms with Gasteiger partial charge in [0.1, 0.15) is 0 Å². The van der Waals surface area contributed by atoms with Gasteiger partial charge in [0.2, 0.25) is 0 Å². The van der Waals surface area contributed by atoms with Gasteiger partial charge in [-0.15, -0.1) is 0 Å². The van der Waals surface area contributed by atoms with Gasteiger partial charge in [0.15, 0.2) is 6.10 Å². The van der Waals surface area contributed by atoms with E-state index in [4.69, 9.17) is 9.47 Å². The van der Waals surface area contributed by atoms with Gasteiger partial charge < -0.3 is 9.47 Å². The third kappa shape index (κ3) is 1.05. The summed E-state index contributed by atoms with van der Waals surface area (Å²) in [6.45, 7) is 0. The van der Waals surface area contributed by atoms with E-state index in [2.05, 4.69) is 0 Å². The molecule has 0 fully saturated rings. The highest BCUT2D eigenvalue weighted by molar-refractivity contribution is 5.84. The molecule has 2 heterocycles. The summed E-state index contributed by atoms with van der Waals surface area (Å²) < 4.78 is 9.82. The van der Waals surface area contributed by atoms with Gasteiger partial charge in [0, 0.05) is 11.6 Å². The highest BCUT2D eigenvalue weighted by Gasteiger charge is 2.20. The lowest BCUT2D eigenvalue weighted by Crippen LogP contribution is -2.21. The van der Waals surface area contributed by atoms with Gasteiger partial charge in [0.25, 0.3) is 0 Å². The fourth-order valence-electron chi connectivity index (χ4n) is 0.983. The van der Waals surface area contributed by atoms with Gasteiger partial charge in [-0.1, -0.05) is 0 Å². The Bertz CT molecular complexity index is 270. The van der Waals surface area contributed by atoms with Crippen molar-refractivity contribution in [3.8, 4) is 0 Å². The zero-order valence-electron chi connectivity index (χ0n) is 5.69. The summed E-state index contributed by atoms with van der Waals surface area (Å²) in [5.41, 5.74) is 0.868. The molecule has 0 amide bonds. The fraction of sp³-hybridized carbons (Fsp3) is 0.125. The number of carbonyl (C=O) groups excluding carboxylic acids is 1. The maximum Gasteiger partial charge on any atom is 0.331 e. The second-order valence-corrected chi connectivity index (χ2v) is 2.27. The molecule has 2 rings (SSSR count). The summed E-state index contributed by atoms with van der Waals surface area (Å²) in [4.78, 5) is 10.7. The van der Waals surface area contributed by atoms with Gasteiger partial charge in [-0.25, -0.2) is 4.79 Å². The minimum absolute atomic E-state index is 0.249. The lowest BCUT2D eigenvalue weighted by molar-refractivity contribution is -0.140. The Morgan fingerprint density at radius 2 is 2.27 bits per heavy atom. The Morgan fingerprint density at radius 1 is 1.36 bits per heavy atom. The van der Waals surface area contributed by atoms with E-state index in [9.17, 15) is 4.79 Å². The first-order valence-electron chi connectivity index (χ1n) is 3.27. The van der Waals surface area contributed by atoms with Crippen LogP contribution in [0.15, 0.2) is 36.3 Å². The first-order chi connectivity index (χ1) is 5.36. The summed E-state index contributed by atoms with van der Waals surface area (Å²) in [6, 6.07) is 0. The molecule has 0 radical (unpaired) electrons. The number of ether oxygens (including phenoxy) is 2. The molecule has 0 aromatic rings. The van der Waals surface area contributed by atoms with E-state index in [1.165, 1.54) is 12.3 Å². The van der Waals surface area contributed by atoms with Crippen molar-refractivity contribution in [3.63, 3.8) is 0 Å². The van der Waals surface area contributed by atoms with E-state index < -0.39 is 0 Å². The molecule has 0 bridgehead atoms. The van der Waals surface area contributed by atoms with Crippen LogP contribution in [0.3, 0.4) is 0 Å². The second-order valence-electron chi connectivity index (χ2n) is 2.27. The van der Waals surface area contributed by atoms with Crippen molar-refractivity contribution >= 4 is 5.97 Å². The molecule has 1 atom stereocenters. The van der Waals surface area contributed by atoms with E-state index in [0.29, 0.717) is 0 Å². The van der Waals surface area contributed by atoms with E-state index in [0.717, 1.165) is 5.57 Å². The molecule has 0 N–H and O–H groups in total. The summed E-state index contributed by atoms with van der Waals surface area (Å²) in [6.07, 6.45) is 7.58. The molecule has 2 aliphatic heterocycles. The van der Waals surface area contributed by atoms with Crippen molar-refractivity contribution in [2.45, 2.75) is 6.10 Å². The highest BCUT2D eigenvalue weighted by Crippen LogP contribution is 2.18. The van der Waals surface area contributed by atoms with Crippen LogP contribution in [-0.4, -0.2) is 12.1 Å². The third-order valence-electron chi connectivity index (χ3n) is 1.52. The van der Waals surface area contributed by atoms with Crippen LogP contribution in [0.1, 0.15) is 0 Å². The molecule has 0 aromatic heterocycles. The maximum atomic E-state index is 10.7. The van der Waals surface area contributed by atoms with E-state index in [1.807, 2.05) is 0 Å². The number of hydrogen-bond donors (Lipinski definition) is 0. The van der Waals surface area contributed by atoms with Crippen LogP contribution >= 0.6 is 0 Å². The molecule has 0 saturated heterocycles. The van der Waals surface area contributed by atoms with Crippen LogP contribution in [0.4, 0.5) is 0 Å². The summed E-state index contributed by atoms with van der Waals surface area (Å²) in [5.74, 6) is -0.307. The van der Waals surface area contributed by atoms with Crippen molar-refractivity contribution in [1.29, 1.82) is 0 Å². The Labute approximate surface area is 63.6 Å². The topological polar surface area (TPSA) is 35.5 Å². The SMILES string of the molecule is O=C1C=CC2=COC=CC2O1. The summed E-state index contributed by atoms with van der Waals surface area (Å²) in [7, 11) is 0. The summed E-state index contributed by atoms with van der Waals surface area (Å²) in [5, 5.41) is 0. The van der Waals surface area contributed by atoms with E-state index >= 15 is 0 Å². The Kier molecular flexibility index (Phi) is 1.28. The number of esters is 1. The molecule has 1 unspecified atom stereocenters. The van der Waals surface area contributed by atoms with Gasteiger partial charge >= 0.3 is 5.97 Å². The van der Waals surface area contributed by atoms with Gasteiger partial charge in [-0.2, -0.15) is 0 Å². The minimum Gasteiger partial charge on any atom is -0.472 e. The van der Waals surface area contributed by atoms with Gasteiger partial charge in [0.05, 0.1) is 12.5 Å². The second kappa shape index (κ2) is 2.27. The molecule has 0 saturated carbocycles. The monoisotopic (exact) mass is 150 g/mol. The van der Waals surface area contributed by atoms with Crippen LogP contribution in [0.2, 0.25) is 0 Å². The van der Waals surface area contributed by atoms with Crippen LogP contribution in [0, 0.1) is 0 Å². The minimum atomic E-state index is -0.307. The first kappa shape index (κ1) is 6.22. The molecule has 0 spiro atoms. The average molecular weight is 150 g/mol. The standard InChI is InChI=1S/C8H6O3/c9-8-2-1-6-5-10-4-3-7(6)11-8/h1-5,7H. The Hall–Kier alpha value is -1.51. The number of carbonyl (C=O) groups is 1. The number of hydrogen-bond acceptors (Lipinski definition) is 3. The zero-order chi connectivity index (χ0) is 7.68. The molecular weight excluding hydrogens is 144 g/mol. The van der Waals surface area contributed by atoms with Crippen LogP contribution < -0.4 is 0 Å². The first-order valence-corrected chi connectivity index (χ1v) is 3.27. The number of fused-ring (bicyclic) bond motifs is 1. The van der Waals surface area contributed by atoms with Crippen molar-refractivity contribution in [1.82, 2.24) is 0 Å².